The predicted molar refractivity (Wildman–Crippen MR) is 75.6 cm³/mol. The quantitative estimate of drug-likeness (QED) is 0.857. The second kappa shape index (κ2) is 6.19. The summed E-state index contributed by atoms with van der Waals surface area (Å²) in [6.45, 7) is 10.8. The van der Waals surface area contributed by atoms with E-state index < -0.39 is 12.0 Å². The van der Waals surface area contributed by atoms with Gasteiger partial charge in [-0.3, -0.25) is 4.79 Å². The third kappa shape index (κ3) is 4.24. The summed E-state index contributed by atoms with van der Waals surface area (Å²) < 4.78 is 0. The fourth-order valence-corrected chi connectivity index (χ4v) is 1.89. The molecular formula is C13H23N5O3. The number of aliphatic carboxylic acids is 1. The number of carbonyl (C=O) groups is 2. The molecular weight excluding hydrogens is 274 g/mol. The Morgan fingerprint density at radius 2 is 1.86 bits per heavy atom. The van der Waals surface area contributed by atoms with Crippen molar-refractivity contribution in [2.75, 3.05) is 0 Å². The van der Waals surface area contributed by atoms with Crippen molar-refractivity contribution in [2.45, 2.75) is 65.6 Å². The third-order valence-corrected chi connectivity index (χ3v) is 2.98. The van der Waals surface area contributed by atoms with E-state index in [1.807, 2.05) is 20.8 Å². The second-order valence-corrected chi connectivity index (χ2v) is 6.25. The van der Waals surface area contributed by atoms with E-state index in [1.165, 1.54) is 16.6 Å². The zero-order chi connectivity index (χ0) is 16.4. The molecule has 1 amide bonds. The highest BCUT2D eigenvalue weighted by Crippen LogP contribution is 2.11. The van der Waals surface area contributed by atoms with E-state index in [0.29, 0.717) is 0 Å². The highest BCUT2D eigenvalue weighted by atomic mass is 16.4. The zero-order valence-corrected chi connectivity index (χ0v) is 13.4. The van der Waals surface area contributed by atoms with E-state index >= 15 is 0 Å². The number of carbonyl (C=O) groups excluding carboxylic acids is 1. The first kappa shape index (κ1) is 17.1. The van der Waals surface area contributed by atoms with Crippen molar-refractivity contribution < 1.29 is 14.7 Å². The fourth-order valence-electron chi connectivity index (χ4n) is 1.89. The Kier molecular flexibility index (Phi) is 5.03. The van der Waals surface area contributed by atoms with Gasteiger partial charge in [0.05, 0.1) is 12.0 Å². The summed E-state index contributed by atoms with van der Waals surface area (Å²) in [6.07, 6.45) is -0.0636. The number of hydrogen-bond acceptors (Lipinski definition) is 5. The lowest BCUT2D eigenvalue weighted by molar-refractivity contribution is -0.150. The van der Waals surface area contributed by atoms with Gasteiger partial charge in [0.25, 0.3) is 0 Å². The standard InChI is InChI=1S/C13H23N5O3/c1-8(2)17(9(3)12(20)21)11(19)7-10-14-16-18(15-10)13(4,5)6/h8-9H,7H2,1-6H3,(H,20,21). The Hall–Kier alpha value is -1.99. The summed E-state index contributed by atoms with van der Waals surface area (Å²) in [7, 11) is 0. The Morgan fingerprint density at radius 3 is 2.24 bits per heavy atom. The van der Waals surface area contributed by atoms with Crippen molar-refractivity contribution in [3.8, 4) is 0 Å². The summed E-state index contributed by atoms with van der Waals surface area (Å²) in [4.78, 5) is 26.2. The maximum absolute atomic E-state index is 12.3. The molecule has 1 N–H and O–H groups in total. The minimum absolute atomic E-state index is 0.0636. The number of rotatable bonds is 5. The van der Waals surface area contributed by atoms with Crippen molar-refractivity contribution >= 4 is 11.9 Å². The molecule has 8 nitrogen and oxygen atoms in total. The molecule has 0 saturated heterocycles. The van der Waals surface area contributed by atoms with Gasteiger partial charge in [0, 0.05) is 6.04 Å². The minimum atomic E-state index is -1.04. The molecule has 0 aromatic carbocycles. The second-order valence-electron chi connectivity index (χ2n) is 6.25. The van der Waals surface area contributed by atoms with Crippen LogP contribution in [0.25, 0.3) is 0 Å². The monoisotopic (exact) mass is 297 g/mol. The number of hydrogen-bond donors (Lipinski definition) is 1. The molecule has 1 aromatic heterocycles. The van der Waals surface area contributed by atoms with Crippen LogP contribution in [0.3, 0.4) is 0 Å². The third-order valence-electron chi connectivity index (χ3n) is 2.98. The molecule has 0 aliphatic rings. The lowest BCUT2D eigenvalue weighted by Crippen LogP contribution is -2.48. The van der Waals surface area contributed by atoms with E-state index in [1.54, 1.807) is 13.8 Å². The van der Waals surface area contributed by atoms with Crippen molar-refractivity contribution in [1.29, 1.82) is 0 Å². The van der Waals surface area contributed by atoms with Gasteiger partial charge in [-0.25, -0.2) is 4.79 Å². The van der Waals surface area contributed by atoms with Crippen LogP contribution in [0.5, 0.6) is 0 Å². The zero-order valence-electron chi connectivity index (χ0n) is 13.4. The number of nitrogens with zero attached hydrogens (tertiary/aromatic N) is 5. The van der Waals surface area contributed by atoms with E-state index in [4.69, 9.17) is 5.11 Å². The lowest BCUT2D eigenvalue weighted by Gasteiger charge is -2.30. The predicted octanol–water partition coefficient (Wildman–Crippen LogP) is 0.681. The molecule has 118 valence electrons. The van der Waals surface area contributed by atoms with Gasteiger partial charge in [-0.1, -0.05) is 0 Å². The smallest absolute Gasteiger partial charge is 0.326 e. The molecule has 1 heterocycles. The van der Waals surface area contributed by atoms with Gasteiger partial charge < -0.3 is 10.0 Å². The molecule has 0 aliphatic carbocycles. The number of carboxylic acids is 1. The van der Waals surface area contributed by atoms with Crippen LogP contribution in [0, 0.1) is 0 Å². The van der Waals surface area contributed by atoms with E-state index in [0.717, 1.165) is 0 Å². The van der Waals surface area contributed by atoms with Crippen LogP contribution in [0.2, 0.25) is 0 Å². The van der Waals surface area contributed by atoms with E-state index in [-0.39, 0.29) is 29.7 Å². The van der Waals surface area contributed by atoms with Gasteiger partial charge in [-0.2, -0.15) is 4.80 Å². The molecule has 1 atom stereocenters. The normalized spacial score (nSPS) is 13.3. The number of amides is 1. The molecule has 0 fully saturated rings. The van der Waals surface area contributed by atoms with Crippen LogP contribution < -0.4 is 0 Å². The Balaban J connectivity index is 2.87. The van der Waals surface area contributed by atoms with Crippen molar-refractivity contribution in [3.63, 3.8) is 0 Å². The lowest BCUT2D eigenvalue weighted by atomic mass is 10.1. The van der Waals surface area contributed by atoms with Crippen LogP contribution in [0.1, 0.15) is 47.4 Å². The van der Waals surface area contributed by atoms with Gasteiger partial charge in [0.2, 0.25) is 5.91 Å². The topological polar surface area (TPSA) is 101 Å². The number of tetrazole rings is 1. The first-order valence-corrected chi connectivity index (χ1v) is 6.87. The molecule has 1 unspecified atom stereocenters. The summed E-state index contributed by atoms with van der Waals surface area (Å²) in [5.41, 5.74) is -0.319. The maximum atomic E-state index is 12.3. The molecule has 0 radical (unpaired) electrons. The average molecular weight is 297 g/mol. The van der Waals surface area contributed by atoms with Crippen LogP contribution >= 0.6 is 0 Å². The first-order chi connectivity index (χ1) is 9.54. The Labute approximate surface area is 124 Å². The maximum Gasteiger partial charge on any atom is 0.326 e. The van der Waals surface area contributed by atoms with Crippen molar-refractivity contribution in [3.05, 3.63) is 5.82 Å². The molecule has 0 spiro atoms. The fraction of sp³-hybridized carbons (Fsp3) is 0.769. The van der Waals surface area contributed by atoms with Gasteiger partial charge in [-0.15, -0.1) is 10.2 Å². The summed E-state index contributed by atoms with van der Waals surface area (Å²) >= 11 is 0. The molecule has 21 heavy (non-hydrogen) atoms. The largest absolute Gasteiger partial charge is 0.480 e. The van der Waals surface area contributed by atoms with Crippen LogP contribution in [-0.2, 0) is 21.5 Å². The van der Waals surface area contributed by atoms with E-state index in [2.05, 4.69) is 15.4 Å². The summed E-state index contributed by atoms with van der Waals surface area (Å²) in [5, 5.41) is 21.0. The summed E-state index contributed by atoms with van der Waals surface area (Å²) in [6, 6.07) is -1.11. The van der Waals surface area contributed by atoms with E-state index in [9.17, 15) is 9.59 Å². The molecule has 0 bridgehead atoms. The van der Waals surface area contributed by atoms with Gasteiger partial charge in [0.15, 0.2) is 5.82 Å². The van der Waals surface area contributed by atoms with Gasteiger partial charge >= 0.3 is 5.97 Å². The van der Waals surface area contributed by atoms with Crippen LogP contribution in [0.15, 0.2) is 0 Å². The minimum Gasteiger partial charge on any atom is -0.480 e. The van der Waals surface area contributed by atoms with Gasteiger partial charge in [0.1, 0.15) is 6.04 Å². The van der Waals surface area contributed by atoms with Crippen molar-refractivity contribution in [1.82, 2.24) is 25.1 Å². The molecule has 0 saturated carbocycles. The Morgan fingerprint density at radius 1 is 1.29 bits per heavy atom. The SMILES string of the molecule is CC(C)N(C(=O)Cc1nnn(C(C)(C)C)n1)C(C)C(=O)O. The first-order valence-electron chi connectivity index (χ1n) is 6.87. The van der Waals surface area contributed by atoms with Crippen LogP contribution in [0.4, 0.5) is 0 Å². The van der Waals surface area contributed by atoms with Crippen molar-refractivity contribution in [2.24, 2.45) is 0 Å². The summed E-state index contributed by atoms with van der Waals surface area (Å²) in [5.74, 6) is -1.07. The average Bonchev–Trinajstić information content (AvgIpc) is 2.76. The molecule has 1 aromatic rings. The highest BCUT2D eigenvalue weighted by molar-refractivity contribution is 5.84. The molecule has 0 aliphatic heterocycles. The van der Waals surface area contributed by atoms with Gasteiger partial charge in [-0.05, 0) is 46.8 Å². The molecule has 1 rings (SSSR count). The number of aromatic nitrogens is 4. The highest BCUT2D eigenvalue weighted by Gasteiger charge is 2.29. The Bertz CT molecular complexity index is 518. The number of carboxylic acid groups (broad SMARTS) is 1. The molecule has 8 heteroatoms. The van der Waals surface area contributed by atoms with Crippen LogP contribution in [-0.4, -0.2) is 54.2 Å².